The Hall–Kier alpha value is -3.26. The van der Waals surface area contributed by atoms with Gasteiger partial charge in [-0.15, -0.1) is 0 Å². The van der Waals surface area contributed by atoms with E-state index in [0.717, 1.165) is 0 Å². The number of nitrogens with one attached hydrogen (secondary N) is 2. The molecule has 0 spiro atoms. The number of hydrogen-bond acceptors (Lipinski definition) is 8. The molecule has 0 aliphatic heterocycles. The van der Waals surface area contributed by atoms with Crippen molar-refractivity contribution >= 4 is 51.7 Å². The molecule has 42 heavy (non-hydrogen) atoms. The van der Waals surface area contributed by atoms with Crippen LogP contribution in [0.1, 0.15) is 12.8 Å². The second-order valence-electron chi connectivity index (χ2n) is 9.21. The number of carboxylic acids is 1. The van der Waals surface area contributed by atoms with Gasteiger partial charge in [0.05, 0.1) is 24.3 Å². The van der Waals surface area contributed by atoms with Gasteiger partial charge in [0.1, 0.15) is 34.4 Å². The number of hydrogen-bond donors (Lipinski definition) is 2. The van der Waals surface area contributed by atoms with Crippen LogP contribution in [0.25, 0.3) is 10.9 Å². The van der Waals surface area contributed by atoms with Gasteiger partial charge in [-0.3, -0.25) is 14.6 Å². The number of nitrogens with zero attached hydrogens (tertiary/aromatic N) is 1. The van der Waals surface area contributed by atoms with Gasteiger partial charge in [-0.2, -0.15) is 0 Å². The van der Waals surface area contributed by atoms with Crippen LogP contribution in [0.5, 0.6) is 23.0 Å². The summed E-state index contributed by atoms with van der Waals surface area (Å²) in [4.78, 5) is 41.2. The maximum Gasteiger partial charge on any atom is 1.00 e. The zero-order chi connectivity index (χ0) is 29.1. The number of carbonyl (C=O) groups is 3. The first-order valence-electron chi connectivity index (χ1n) is 12.3. The quantitative estimate of drug-likeness (QED) is 0.201. The molecular formula is C29H22ClFKN3O7. The summed E-state index contributed by atoms with van der Waals surface area (Å²) in [7, 11) is 1.40. The standard InChI is InChI=1S/C29H23ClFN3O7.K/c1-39-23-13-18-20(14-24(23)40-15-25(35)36)32-12-9-21(18)41-22-4-2-3-19(26(22)30)34-28(38)29(10-11-29)27(37)33-17-7-5-16(31)6-8-17;/h2-9,12-14H,10-11,15H2,1H3,(H,33,37)(H,34,38)(H,35,36);/q;+1/p-1. The number of halogens is 2. The second kappa shape index (κ2) is 13.4. The third kappa shape index (κ3) is 6.85. The smallest absolute Gasteiger partial charge is 0.546 e. The monoisotopic (exact) mass is 617 g/mol. The zero-order valence-corrected chi connectivity index (χ0v) is 26.4. The molecule has 10 nitrogen and oxygen atoms in total. The van der Waals surface area contributed by atoms with Crippen LogP contribution in [-0.2, 0) is 14.4 Å². The van der Waals surface area contributed by atoms with E-state index >= 15 is 0 Å². The first-order valence-corrected chi connectivity index (χ1v) is 12.7. The van der Waals surface area contributed by atoms with Crippen LogP contribution in [0.3, 0.4) is 0 Å². The van der Waals surface area contributed by atoms with Crippen LogP contribution in [0.4, 0.5) is 15.8 Å². The Morgan fingerprint density at radius 1 is 0.976 bits per heavy atom. The number of amides is 2. The van der Waals surface area contributed by atoms with Gasteiger partial charge >= 0.3 is 51.4 Å². The van der Waals surface area contributed by atoms with E-state index in [1.807, 2.05) is 0 Å². The van der Waals surface area contributed by atoms with Gasteiger partial charge in [-0.1, -0.05) is 17.7 Å². The van der Waals surface area contributed by atoms with Crippen molar-refractivity contribution in [1.29, 1.82) is 0 Å². The van der Waals surface area contributed by atoms with E-state index in [4.69, 9.17) is 25.8 Å². The largest absolute Gasteiger partial charge is 1.00 e. The fourth-order valence-electron chi connectivity index (χ4n) is 4.14. The van der Waals surface area contributed by atoms with Crippen molar-refractivity contribution in [3.8, 4) is 23.0 Å². The van der Waals surface area contributed by atoms with Crippen molar-refractivity contribution in [2.45, 2.75) is 12.8 Å². The number of rotatable bonds is 10. The number of carboxylic acid groups (broad SMARTS) is 1. The van der Waals surface area contributed by atoms with Crippen LogP contribution in [0.2, 0.25) is 5.02 Å². The average Bonchev–Trinajstić information content (AvgIpc) is 3.77. The molecule has 1 saturated carbocycles. The van der Waals surface area contributed by atoms with Crippen molar-refractivity contribution in [3.63, 3.8) is 0 Å². The number of pyridine rings is 1. The molecule has 1 aliphatic rings. The molecule has 2 amide bonds. The van der Waals surface area contributed by atoms with E-state index in [-0.39, 0.29) is 79.3 Å². The predicted molar refractivity (Wildman–Crippen MR) is 146 cm³/mol. The van der Waals surface area contributed by atoms with Gasteiger partial charge in [0.25, 0.3) is 0 Å². The van der Waals surface area contributed by atoms with Crippen LogP contribution in [0, 0.1) is 11.2 Å². The fourth-order valence-corrected chi connectivity index (χ4v) is 4.35. The SMILES string of the molecule is COc1cc2c(Oc3cccc(NC(=O)C4(C(=O)Nc5ccc(F)cc5)CC4)c3Cl)ccnc2cc1OCC(=O)[O-].[K+]. The molecular weight excluding hydrogens is 596 g/mol. The maximum absolute atomic E-state index is 13.2. The Morgan fingerprint density at radius 2 is 1.69 bits per heavy atom. The van der Waals surface area contributed by atoms with Gasteiger partial charge in [0.2, 0.25) is 11.8 Å². The zero-order valence-electron chi connectivity index (χ0n) is 22.5. The molecule has 1 aliphatic carbocycles. The van der Waals surface area contributed by atoms with Crippen molar-refractivity contribution in [2.24, 2.45) is 5.41 Å². The molecule has 1 aromatic heterocycles. The topological polar surface area (TPSA) is 139 Å². The van der Waals surface area contributed by atoms with E-state index < -0.39 is 35.6 Å². The van der Waals surface area contributed by atoms with Gasteiger partial charge in [-0.25, -0.2) is 4.39 Å². The molecule has 1 heterocycles. The molecule has 4 aromatic rings. The third-order valence-electron chi connectivity index (χ3n) is 6.49. The molecule has 0 radical (unpaired) electrons. The Balaban J connectivity index is 0.00000405. The number of fused-ring (bicyclic) bond motifs is 1. The van der Waals surface area contributed by atoms with Crippen molar-refractivity contribution in [2.75, 3.05) is 24.4 Å². The molecule has 5 rings (SSSR count). The van der Waals surface area contributed by atoms with Gasteiger partial charge in [0.15, 0.2) is 11.5 Å². The Labute approximate surface area is 286 Å². The number of aliphatic carboxylic acids is 1. The molecule has 0 saturated heterocycles. The second-order valence-corrected chi connectivity index (χ2v) is 9.58. The van der Waals surface area contributed by atoms with E-state index in [2.05, 4.69) is 15.6 Å². The molecule has 3 aromatic carbocycles. The van der Waals surface area contributed by atoms with E-state index in [0.29, 0.717) is 35.2 Å². The van der Waals surface area contributed by atoms with Crippen molar-refractivity contribution < 1.29 is 89.5 Å². The van der Waals surface area contributed by atoms with E-state index in [1.54, 1.807) is 30.3 Å². The van der Waals surface area contributed by atoms with E-state index in [1.165, 1.54) is 43.6 Å². The molecule has 0 unspecified atom stereocenters. The van der Waals surface area contributed by atoms with Crippen LogP contribution in [-0.4, -0.2) is 36.5 Å². The number of methoxy groups -OCH3 is 1. The maximum atomic E-state index is 13.2. The summed E-state index contributed by atoms with van der Waals surface area (Å²) in [5, 5.41) is 16.8. The third-order valence-corrected chi connectivity index (χ3v) is 6.88. The normalized spacial score (nSPS) is 12.9. The first kappa shape index (κ1) is 31.7. The molecule has 1 fully saturated rings. The van der Waals surface area contributed by atoms with Crippen molar-refractivity contribution in [3.05, 3.63) is 77.7 Å². The minimum absolute atomic E-state index is 0. The van der Waals surface area contributed by atoms with Crippen LogP contribution >= 0.6 is 11.6 Å². The van der Waals surface area contributed by atoms with Gasteiger partial charge in [0, 0.05) is 23.3 Å². The fraction of sp³-hybridized carbons (Fsp3) is 0.172. The van der Waals surface area contributed by atoms with Crippen LogP contribution in [0.15, 0.2) is 66.9 Å². The van der Waals surface area contributed by atoms with Gasteiger partial charge < -0.3 is 34.7 Å². The molecule has 0 bridgehead atoms. The number of aromatic nitrogens is 1. The van der Waals surface area contributed by atoms with Crippen LogP contribution < -0.4 is 81.3 Å². The number of carbonyl (C=O) groups excluding carboxylic acids is 3. The molecule has 2 N–H and O–H groups in total. The number of anilines is 2. The van der Waals surface area contributed by atoms with E-state index in [9.17, 15) is 23.9 Å². The number of benzene rings is 3. The first-order chi connectivity index (χ1) is 19.7. The summed E-state index contributed by atoms with van der Waals surface area (Å²) in [6, 6.07) is 14.8. The summed E-state index contributed by atoms with van der Waals surface area (Å²) in [6.07, 6.45) is 2.18. The summed E-state index contributed by atoms with van der Waals surface area (Å²) in [5.74, 6) is -1.88. The molecule has 0 atom stereocenters. The predicted octanol–water partition coefficient (Wildman–Crippen LogP) is 1.32. The van der Waals surface area contributed by atoms with Crippen molar-refractivity contribution in [1.82, 2.24) is 4.98 Å². The minimum atomic E-state index is -1.39. The minimum Gasteiger partial charge on any atom is -0.546 e. The summed E-state index contributed by atoms with van der Waals surface area (Å²) in [6.45, 7) is -0.665. The summed E-state index contributed by atoms with van der Waals surface area (Å²) >= 11 is 6.61. The number of ether oxygens (including phenoxy) is 3. The molecule has 210 valence electrons. The summed E-state index contributed by atoms with van der Waals surface area (Å²) in [5.41, 5.74) is -0.227. The summed E-state index contributed by atoms with van der Waals surface area (Å²) < 4.78 is 29.9. The average molecular weight is 618 g/mol. The molecule has 13 heteroatoms. The Morgan fingerprint density at radius 3 is 2.36 bits per heavy atom. The Bertz CT molecular complexity index is 1670. The Kier molecular flexibility index (Phi) is 10.1. The van der Waals surface area contributed by atoms with Gasteiger partial charge in [-0.05, 0) is 61.4 Å².